The summed E-state index contributed by atoms with van der Waals surface area (Å²) in [7, 11) is 0. The van der Waals surface area contributed by atoms with Gasteiger partial charge in [-0.2, -0.15) is 0 Å². The minimum atomic E-state index is -0.571. The second kappa shape index (κ2) is 12.9. The first-order chi connectivity index (χ1) is 12.1. The molecule has 0 aromatic heterocycles. The molecule has 1 rings (SSSR count). The van der Waals surface area contributed by atoms with Gasteiger partial charge in [0.15, 0.2) is 5.78 Å². The molecule has 0 fully saturated rings. The van der Waals surface area contributed by atoms with Gasteiger partial charge in [0.25, 0.3) is 0 Å². The average molecular weight is 351 g/mol. The number of ketones is 1. The SMILES string of the molecule is CCCCNCC(O)COc1ccc(C(=O)CC)cc1COCCC. The van der Waals surface area contributed by atoms with Crippen molar-refractivity contribution >= 4 is 5.78 Å². The lowest BCUT2D eigenvalue weighted by molar-refractivity contribution is 0.0968. The van der Waals surface area contributed by atoms with Crippen molar-refractivity contribution in [3.05, 3.63) is 29.3 Å². The number of hydrogen-bond donors (Lipinski definition) is 2. The molecule has 0 heterocycles. The van der Waals surface area contributed by atoms with Crippen molar-refractivity contribution in [1.29, 1.82) is 0 Å². The van der Waals surface area contributed by atoms with Gasteiger partial charge in [-0.05, 0) is 37.6 Å². The largest absolute Gasteiger partial charge is 0.490 e. The smallest absolute Gasteiger partial charge is 0.162 e. The fourth-order valence-corrected chi connectivity index (χ4v) is 2.35. The normalized spacial score (nSPS) is 12.2. The van der Waals surface area contributed by atoms with E-state index in [0.29, 0.717) is 37.5 Å². The second-order valence-corrected chi connectivity index (χ2v) is 6.17. The van der Waals surface area contributed by atoms with E-state index in [-0.39, 0.29) is 12.4 Å². The number of aliphatic hydroxyl groups is 1. The van der Waals surface area contributed by atoms with Crippen molar-refractivity contribution in [1.82, 2.24) is 5.32 Å². The number of aliphatic hydroxyl groups excluding tert-OH is 1. The van der Waals surface area contributed by atoms with Crippen molar-refractivity contribution in [2.75, 3.05) is 26.3 Å². The van der Waals surface area contributed by atoms with Gasteiger partial charge in [0, 0.05) is 30.7 Å². The second-order valence-electron chi connectivity index (χ2n) is 6.17. The van der Waals surface area contributed by atoms with Gasteiger partial charge in [-0.25, -0.2) is 0 Å². The summed E-state index contributed by atoms with van der Waals surface area (Å²) in [5.74, 6) is 0.764. The van der Waals surface area contributed by atoms with E-state index in [1.54, 1.807) is 12.1 Å². The molecule has 0 saturated carbocycles. The fourth-order valence-electron chi connectivity index (χ4n) is 2.35. The predicted octanol–water partition coefficient (Wildman–Crippen LogP) is 3.34. The Morgan fingerprint density at radius 2 is 2.04 bits per heavy atom. The highest BCUT2D eigenvalue weighted by atomic mass is 16.5. The fraction of sp³-hybridized carbons (Fsp3) is 0.650. The van der Waals surface area contributed by atoms with Crippen LogP contribution >= 0.6 is 0 Å². The summed E-state index contributed by atoms with van der Waals surface area (Å²) >= 11 is 0. The summed E-state index contributed by atoms with van der Waals surface area (Å²) in [4.78, 5) is 11.9. The molecule has 0 spiro atoms. The van der Waals surface area contributed by atoms with Crippen LogP contribution in [0.2, 0.25) is 0 Å². The van der Waals surface area contributed by atoms with Crippen LogP contribution in [0.5, 0.6) is 5.75 Å². The quantitative estimate of drug-likeness (QED) is 0.397. The molecule has 5 nitrogen and oxygen atoms in total. The number of carbonyl (C=O) groups is 1. The highest BCUT2D eigenvalue weighted by molar-refractivity contribution is 5.96. The van der Waals surface area contributed by atoms with Crippen molar-refractivity contribution < 1.29 is 19.4 Å². The summed E-state index contributed by atoms with van der Waals surface area (Å²) in [6, 6.07) is 5.41. The number of rotatable bonds is 14. The Morgan fingerprint density at radius 1 is 1.24 bits per heavy atom. The molecule has 1 aromatic carbocycles. The van der Waals surface area contributed by atoms with Crippen molar-refractivity contribution in [3.8, 4) is 5.75 Å². The molecule has 0 aliphatic heterocycles. The Labute approximate surface area is 151 Å². The Kier molecular flexibility index (Phi) is 11.1. The number of carbonyl (C=O) groups excluding carboxylic acids is 1. The van der Waals surface area contributed by atoms with Gasteiger partial charge in [-0.15, -0.1) is 0 Å². The van der Waals surface area contributed by atoms with Crippen LogP contribution < -0.4 is 10.1 Å². The van der Waals surface area contributed by atoms with Gasteiger partial charge in [-0.1, -0.05) is 27.2 Å². The molecule has 0 amide bonds. The Bertz CT molecular complexity index is 504. The molecule has 25 heavy (non-hydrogen) atoms. The topological polar surface area (TPSA) is 67.8 Å². The lowest BCUT2D eigenvalue weighted by atomic mass is 10.1. The van der Waals surface area contributed by atoms with E-state index < -0.39 is 6.10 Å². The molecule has 5 heteroatoms. The maximum absolute atomic E-state index is 11.9. The summed E-state index contributed by atoms with van der Waals surface area (Å²) in [6.45, 7) is 8.72. The van der Waals surface area contributed by atoms with E-state index >= 15 is 0 Å². The van der Waals surface area contributed by atoms with Crippen LogP contribution in [0.15, 0.2) is 18.2 Å². The first kappa shape index (κ1) is 21.6. The van der Waals surface area contributed by atoms with Gasteiger partial charge in [0.2, 0.25) is 0 Å². The third-order valence-corrected chi connectivity index (χ3v) is 3.83. The molecule has 0 saturated heterocycles. The predicted molar refractivity (Wildman–Crippen MR) is 100 cm³/mol. The van der Waals surface area contributed by atoms with Crippen LogP contribution in [0.25, 0.3) is 0 Å². The molecule has 142 valence electrons. The average Bonchev–Trinajstić information content (AvgIpc) is 2.63. The molecule has 0 bridgehead atoms. The maximum atomic E-state index is 11.9. The maximum Gasteiger partial charge on any atom is 0.162 e. The molecule has 1 aromatic rings. The van der Waals surface area contributed by atoms with Gasteiger partial charge < -0.3 is 19.9 Å². The van der Waals surface area contributed by atoms with Crippen LogP contribution in [0.1, 0.15) is 62.4 Å². The van der Waals surface area contributed by atoms with Crippen LogP contribution in [-0.4, -0.2) is 43.3 Å². The van der Waals surface area contributed by atoms with Crippen LogP contribution in [-0.2, 0) is 11.3 Å². The standard InChI is InChI=1S/C20H33NO4/c1-4-7-10-21-13-18(22)15-25-20-9-8-16(19(23)6-3)12-17(20)14-24-11-5-2/h8-9,12,18,21-22H,4-7,10-11,13-15H2,1-3H3. The third kappa shape index (κ3) is 8.47. The minimum absolute atomic E-state index is 0.100. The molecule has 0 radical (unpaired) electrons. The zero-order chi connectivity index (χ0) is 18.5. The van der Waals surface area contributed by atoms with Crippen molar-refractivity contribution in [3.63, 3.8) is 0 Å². The number of nitrogens with one attached hydrogen (secondary N) is 1. The summed E-state index contributed by atoms with van der Waals surface area (Å²) in [5, 5.41) is 13.2. The molecule has 1 unspecified atom stereocenters. The van der Waals surface area contributed by atoms with E-state index in [4.69, 9.17) is 9.47 Å². The lowest BCUT2D eigenvalue weighted by Crippen LogP contribution is -2.32. The van der Waals surface area contributed by atoms with Crippen molar-refractivity contribution in [2.24, 2.45) is 0 Å². The summed E-state index contributed by atoms with van der Waals surface area (Å²) in [5.41, 5.74) is 1.52. The molecule has 0 aliphatic carbocycles. The third-order valence-electron chi connectivity index (χ3n) is 3.83. The number of Topliss-reactive ketones (excluding diaryl/α,β-unsaturated/α-hetero) is 1. The Hall–Kier alpha value is -1.43. The molecule has 0 aliphatic rings. The highest BCUT2D eigenvalue weighted by Crippen LogP contribution is 2.22. The number of benzene rings is 1. The number of hydrogen-bond acceptors (Lipinski definition) is 5. The first-order valence-corrected chi connectivity index (χ1v) is 9.37. The van der Waals surface area contributed by atoms with E-state index in [1.165, 1.54) is 0 Å². The van der Waals surface area contributed by atoms with Crippen LogP contribution in [0, 0.1) is 0 Å². The van der Waals surface area contributed by atoms with Crippen LogP contribution in [0.4, 0.5) is 0 Å². The molecule has 2 N–H and O–H groups in total. The summed E-state index contributed by atoms with van der Waals surface area (Å²) in [6.07, 6.45) is 3.06. The van der Waals surface area contributed by atoms with Crippen molar-refractivity contribution in [2.45, 2.75) is 59.2 Å². The van der Waals surface area contributed by atoms with Gasteiger partial charge in [0.05, 0.1) is 6.61 Å². The Balaban J connectivity index is 2.64. The van der Waals surface area contributed by atoms with E-state index in [1.807, 2.05) is 13.0 Å². The van der Waals surface area contributed by atoms with Gasteiger partial charge >= 0.3 is 0 Å². The van der Waals surface area contributed by atoms with Gasteiger partial charge in [0.1, 0.15) is 18.5 Å². The zero-order valence-corrected chi connectivity index (χ0v) is 15.8. The van der Waals surface area contributed by atoms with E-state index in [9.17, 15) is 9.90 Å². The summed E-state index contributed by atoms with van der Waals surface area (Å²) < 4.78 is 11.4. The number of ether oxygens (including phenoxy) is 2. The van der Waals surface area contributed by atoms with Crippen LogP contribution in [0.3, 0.4) is 0 Å². The van der Waals surface area contributed by atoms with E-state index in [2.05, 4.69) is 19.2 Å². The molecular formula is C20H33NO4. The molecular weight excluding hydrogens is 318 g/mol. The van der Waals surface area contributed by atoms with E-state index in [0.717, 1.165) is 31.4 Å². The molecule has 1 atom stereocenters. The minimum Gasteiger partial charge on any atom is -0.490 e. The Morgan fingerprint density at radius 3 is 2.72 bits per heavy atom. The first-order valence-electron chi connectivity index (χ1n) is 9.37. The monoisotopic (exact) mass is 351 g/mol. The zero-order valence-electron chi connectivity index (χ0n) is 15.8. The number of unbranched alkanes of at least 4 members (excludes halogenated alkanes) is 1. The highest BCUT2D eigenvalue weighted by Gasteiger charge is 2.12. The lowest BCUT2D eigenvalue weighted by Gasteiger charge is -2.16. The van der Waals surface area contributed by atoms with Gasteiger partial charge in [-0.3, -0.25) is 4.79 Å².